The van der Waals surface area contributed by atoms with Gasteiger partial charge in [-0.05, 0) is 44.8 Å². The Balaban J connectivity index is 1.97. The molecule has 0 aliphatic heterocycles. The van der Waals surface area contributed by atoms with E-state index in [0.717, 1.165) is 0 Å². The molecular formula is C17H30N5O7PS8. The molecule has 2 heterocycles. The van der Waals surface area contributed by atoms with Crippen molar-refractivity contribution in [2.75, 3.05) is 75.2 Å². The Hall–Kier alpha value is 0.460. The summed E-state index contributed by atoms with van der Waals surface area (Å²) in [6.45, 7) is 0.604. The number of aromatic nitrogens is 4. The Kier molecular flexibility index (Phi) is 16.5. The molecule has 0 amide bonds. The number of nitrogens with two attached hydrogens (primary N) is 1. The molecule has 4 atom stereocenters. The van der Waals surface area contributed by atoms with E-state index in [1.165, 1.54) is 7.11 Å². The van der Waals surface area contributed by atoms with Crippen molar-refractivity contribution >= 4 is 103 Å². The van der Waals surface area contributed by atoms with Crippen LogP contribution in [0.25, 0.3) is 11.2 Å². The fraction of sp³-hybridized carbons (Fsp3) is 0.706. The second-order valence-corrected chi connectivity index (χ2v) is 25.2. The minimum atomic E-state index is -3.66. The summed E-state index contributed by atoms with van der Waals surface area (Å²) in [5.41, 5.74) is 6.69. The van der Waals surface area contributed by atoms with E-state index < -0.39 is 41.5 Å². The second-order valence-electron chi connectivity index (χ2n) is 6.99. The monoisotopic (exact) mass is 703 g/mol. The van der Waals surface area contributed by atoms with E-state index in [4.69, 9.17) is 79.2 Å². The average Bonchev–Trinajstić information content (AvgIpc) is 3.28. The number of aliphatic hydroxyl groups excluding tert-OH is 2. The van der Waals surface area contributed by atoms with Crippen molar-refractivity contribution in [3.05, 3.63) is 6.33 Å². The van der Waals surface area contributed by atoms with Gasteiger partial charge >= 0.3 is 7.60 Å². The fourth-order valence-electron chi connectivity index (χ4n) is 2.70. The van der Waals surface area contributed by atoms with E-state index in [-0.39, 0.29) is 51.2 Å². The number of ether oxygens (including phenoxy) is 2. The summed E-state index contributed by atoms with van der Waals surface area (Å²) in [4.78, 5) is 12.5. The standard InChI is InChI=1S/C17H30N5O7PS8/c1-26-16-14-15(20-17(18)21-16)22(12-19-14)2-5-27-13-30(25,28-6-10-37(33)35(31)8-3-23)29-7-11-38(34)36(32)9-4-24/h12,23-24H,2-11,13H2,1H3,(H2,18,20,21). The number of anilines is 1. The van der Waals surface area contributed by atoms with Gasteiger partial charge in [0.05, 0.1) is 46.5 Å². The summed E-state index contributed by atoms with van der Waals surface area (Å²) in [6.07, 6.45) is 1.27. The number of nitrogens with zero attached hydrogens (tertiary/aromatic N) is 4. The number of nitrogen functional groups attached to an aromatic ring is 1. The van der Waals surface area contributed by atoms with E-state index in [1.54, 1.807) is 10.9 Å². The molecule has 4 unspecified atom stereocenters. The maximum Gasteiger partial charge on any atom is 0.356 e. The van der Waals surface area contributed by atoms with Gasteiger partial charge in [0.1, 0.15) is 6.35 Å². The van der Waals surface area contributed by atoms with E-state index in [9.17, 15) is 4.57 Å². The van der Waals surface area contributed by atoms with Gasteiger partial charge in [0.15, 0.2) is 11.2 Å². The van der Waals surface area contributed by atoms with Crippen molar-refractivity contribution in [1.29, 1.82) is 0 Å². The molecule has 38 heavy (non-hydrogen) atoms. The molecule has 2 aromatic heterocycles. The third-order valence-electron chi connectivity index (χ3n) is 4.38. The van der Waals surface area contributed by atoms with Gasteiger partial charge in [-0.1, -0.05) is 33.9 Å². The van der Waals surface area contributed by atoms with Crippen LogP contribution >= 0.6 is 7.60 Å². The molecule has 2 rings (SSSR count). The first-order chi connectivity index (χ1) is 18.1. The minimum Gasteiger partial charge on any atom is -0.479 e. The summed E-state index contributed by atoms with van der Waals surface area (Å²) >= 11 is 21.5. The van der Waals surface area contributed by atoms with Crippen molar-refractivity contribution < 1.29 is 33.3 Å². The molecule has 0 aliphatic carbocycles. The van der Waals surface area contributed by atoms with Crippen LogP contribution in [0.2, 0.25) is 0 Å². The molecule has 0 bridgehead atoms. The zero-order chi connectivity index (χ0) is 28.1. The molecule has 0 aromatic carbocycles. The average molecular weight is 704 g/mol. The van der Waals surface area contributed by atoms with Crippen LogP contribution in [0.3, 0.4) is 0 Å². The van der Waals surface area contributed by atoms with E-state index in [2.05, 4.69) is 15.0 Å². The van der Waals surface area contributed by atoms with Crippen LogP contribution in [0, 0.1) is 0 Å². The number of hydrogen-bond acceptors (Lipinski definition) is 15. The van der Waals surface area contributed by atoms with Gasteiger partial charge in [-0.25, -0.2) is 4.98 Å². The van der Waals surface area contributed by atoms with E-state index in [0.29, 0.717) is 40.7 Å². The maximum absolute atomic E-state index is 13.4. The van der Waals surface area contributed by atoms with Crippen LogP contribution in [0.4, 0.5) is 5.95 Å². The summed E-state index contributed by atoms with van der Waals surface area (Å²) < 4.78 is 37.3. The van der Waals surface area contributed by atoms with Crippen LogP contribution in [-0.4, -0.2) is 99.2 Å². The smallest absolute Gasteiger partial charge is 0.356 e. The summed E-state index contributed by atoms with van der Waals surface area (Å²) in [7, 11) is -4.46. The van der Waals surface area contributed by atoms with Gasteiger partial charge in [0, 0.05) is 29.6 Å². The zero-order valence-electron chi connectivity index (χ0n) is 20.4. The van der Waals surface area contributed by atoms with Crippen molar-refractivity contribution in [2.24, 2.45) is 0 Å². The summed E-state index contributed by atoms with van der Waals surface area (Å²) in [6, 6.07) is 0. The molecule has 12 nitrogen and oxygen atoms in total. The van der Waals surface area contributed by atoms with Gasteiger partial charge in [-0.15, -0.1) is 0 Å². The molecule has 0 aliphatic rings. The zero-order valence-corrected chi connectivity index (χ0v) is 27.8. The van der Waals surface area contributed by atoms with E-state index in [1.807, 2.05) is 0 Å². The van der Waals surface area contributed by atoms with Gasteiger partial charge < -0.3 is 39.0 Å². The summed E-state index contributed by atoms with van der Waals surface area (Å²) in [5, 5.41) is 18.1. The molecule has 21 heteroatoms. The predicted octanol–water partition coefficient (Wildman–Crippen LogP) is -0.247. The number of imidazole rings is 1. The fourth-order valence-corrected chi connectivity index (χ4v) is 12.1. The Morgan fingerprint density at radius 3 is 2.03 bits per heavy atom. The number of aliphatic hydroxyl groups is 2. The normalized spacial score (nSPS) is 16.6. The SMILES string of the molecule is COc1nc(N)nc2c1ncn2CCOCP(=O)(OCCS(=S)S(=S)CCO)OCCS(=S)S(=S)CCO. The molecular weight excluding hydrogens is 674 g/mol. The lowest BCUT2D eigenvalue weighted by Gasteiger charge is -2.19. The molecule has 0 saturated carbocycles. The van der Waals surface area contributed by atoms with Crippen LogP contribution in [0.15, 0.2) is 6.33 Å². The molecule has 0 spiro atoms. The predicted molar refractivity (Wildman–Crippen MR) is 169 cm³/mol. The lowest BCUT2D eigenvalue weighted by atomic mass is 10.5. The first kappa shape index (κ1) is 34.7. The van der Waals surface area contributed by atoms with Crippen LogP contribution in [0.5, 0.6) is 5.88 Å². The van der Waals surface area contributed by atoms with Crippen molar-refractivity contribution in [1.82, 2.24) is 19.5 Å². The van der Waals surface area contributed by atoms with Crippen LogP contribution in [0.1, 0.15) is 0 Å². The first-order valence-corrected chi connectivity index (χ1v) is 22.9. The molecule has 0 fully saturated rings. The third-order valence-corrected chi connectivity index (χ3v) is 22.8. The molecule has 0 saturated heterocycles. The van der Waals surface area contributed by atoms with Gasteiger partial charge in [-0.2, -0.15) is 9.97 Å². The Morgan fingerprint density at radius 1 is 0.947 bits per heavy atom. The van der Waals surface area contributed by atoms with E-state index >= 15 is 0 Å². The Bertz CT molecular complexity index is 1160. The minimum absolute atomic E-state index is 0.0233. The quantitative estimate of drug-likeness (QED) is 0.0940. The van der Waals surface area contributed by atoms with Gasteiger partial charge in [0.25, 0.3) is 0 Å². The lowest BCUT2D eigenvalue weighted by Crippen LogP contribution is -2.16. The highest BCUT2D eigenvalue weighted by atomic mass is 33.5. The lowest BCUT2D eigenvalue weighted by molar-refractivity contribution is 0.128. The number of fused-ring (bicyclic) bond motifs is 1. The van der Waals surface area contributed by atoms with Crippen molar-refractivity contribution in [3.63, 3.8) is 0 Å². The molecule has 0 radical (unpaired) electrons. The Morgan fingerprint density at radius 2 is 1.50 bits per heavy atom. The topological polar surface area (TPSA) is 164 Å². The Labute approximate surface area is 248 Å². The highest BCUT2D eigenvalue weighted by Crippen LogP contribution is 2.48. The second kappa shape index (κ2) is 18.1. The number of methoxy groups -OCH3 is 1. The van der Waals surface area contributed by atoms with Crippen LogP contribution < -0.4 is 10.5 Å². The van der Waals surface area contributed by atoms with Gasteiger partial charge in [0.2, 0.25) is 11.8 Å². The third kappa shape index (κ3) is 11.4. The number of hydrogen-bond donors (Lipinski definition) is 3. The number of rotatable bonds is 20. The molecule has 2 aromatic rings. The highest BCUT2D eigenvalue weighted by Gasteiger charge is 2.26. The molecule has 4 N–H and O–H groups in total. The highest BCUT2D eigenvalue weighted by molar-refractivity contribution is 8.87. The first-order valence-electron chi connectivity index (χ1n) is 10.9. The van der Waals surface area contributed by atoms with Crippen molar-refractivity contribution in [2.45, 2.75) is 6.54 Å². The maximum atomic E-state index is 13.4. The summed E-state index contributed by atoms with van der Waals surface area (Å²) in [5.74, 6) is 2.03. The molecule has 218 valence electrons. The van der Waals surface area contributed by atoms with Gasteiger partial charge in [-0.3, -0.25) is 4.57 Å². The van der Waals surface area contributed by atoms with Crippen molar-refractivity contribution in [3.8, 4) is 5.88 Å². The largest absolute Gasteiger partial charge is 0.479 e. The van der Waals surface area contributed by atoms with Crippen LogP contribution in [-0.2, 0) is 104 Å².